The van der Waals surface area contributed by atoms with E-state index in [-0.39, 0.29) is 17.0 Å². The Hall–Kier alpha value is -0.420. The maximum atomic E-state index is 4.15. The van der Waals surface area contributed by atoms with Crippen molar-refractivity contribution < 1.29 is 0 Å². The third-order valence-electron chi connectivity index (χ3n) is 1.55. The summed E-state index contributed by atoms with van der Waals surface area (Å²) < 4.78 is 2.91. The van der Waals surface area contributed by atoms with Gasteiger partial charge in [0.05, 0.1) is 11.9 Å². The van der Waals surface area contributed by atoms with E-state index in [1.807, 2.05) is 17.5 Å². The zero-order valence-electron chi connectivity index (χ0n) is 6.36. The Morgan fingerprint density at radius 1 is 1.42 bits per heavy atom. The van der Waals surface area contributed by atoms with Crippen molar-refractivity contribution in [1.82, 2.24) is 14.4 Å². The largest absolute Gasteiger partial charge is 0.291 e. The summed E-state index contributed by atoms with van der Waals surface area (Å²) in [7, 11) is 0. The average molecular weight is 293 g/mol. The number of halogens is 2. The molecule has 0 fully saturated rings. The summed E-state index contributed by atoms with van der Waals surface area (Å²) in [4.78, 5) is 8.24. The predicted molar refractivity (Wildman–Crippen MR) is 55.7 cm³/mol. The van der Waals surface area contributed by atoms with Gasteiger partial charge in [0, 0.05) is 12.4 Å². The average Bonchev–Trinajstić information content (AvgIpc) is 2.45. The summed E-state index contributed by atoms with van der Waals surface area (Å²) in [6.45, 7) is 1.95. The van der Waals surface area contributed by atoms with Crippen LogP contribution >= 0.6 is 32.9 Å². The number of fused-ring (bicyclic) bond motifs is 1. The second-order valence-corrected chi connectivity index (χ2v) is 3.04. The van der Waals surface area contributed by atoms with Gasteiger partial charge in [0.2, 0.25) is 0 Å². The van der Waals surface area contributed by atoms with Crippen LogP contribution in [0.3, 0.4) is 0 Å². The lowest BCUT2D eigenvalue weighted by Gasteiger charge is -1.99. The molecule has 0 aliphatic heterocycles. The minimum Gasteiger partial charge on any atom is -0.291 e. The lowest BCUT2D eigenvalue weighted by molar-refractivity contribution is 1.03. The van der Waals surface area contributed by atoms with Crippen molar-refractivity contribution in [3.05, 3.63) is 28.9 Å². The molecule has 2 aromatic rings. The Morgan fingerprint density at radius 2 is 2.17 bits per heavy atom. The topological polar surface area (TPSA) is 30.2 Å². The number of aryl methyl sites for hydroxylation is 1. The molecule has 0 aliphatic rings. The van der Waals surface area contributed by atoms with Gasteiger partial charge in [-0.1, -0.05) is 0 Å². The number of hydrogen-bond donors (Lipinski definition) is 0. The molecule has 12 heavy (non-hydrogen) atoms. The third-order valence-corrected chi connectivity index (χ3v) is 2.51. The van der Waals surface area contributed by atoms with Crippen LogP contribution in [0.25, 0.3) is 5.65 Å². The Kier molecular flexibility index (Phi) is 2.85. The van der Waals surface area contributed by atoms with Crippen LogP contribution in [-0.2, 0) is 0 Å². The van der Waals surface area contributed by atoms with Crippen LogP contribution in [0, 0.1) is 6.92 Å². The molecule has 0 aliphatic carbocycles. The zero-order valence-corrected chi connectivity index (χ0v) is 9.66. The lowest BCUT2D eigenvalue weighted by Crippen LogP contribution is -1.91. The van der Waals surface area contributed by atoms with E-state index < -0.39 is 0 Å². The van der Waals surface area contributed by atoms with Crippen LogP contribution in [0.4, 0.5) is 0 Å². The van der Waals surface area contributed by atoms with Crippen molar-refractivity contribution in [3.63, 3.8) is 0 Å². The van der Waals surface area contributed by atoms with Gasteiger partial charge in [0.1, 0.15) is 4.60 Å². The summed E-state index contributed by atoms with van der Waals surface area (Å²) in [5.74, 6) is 0. The molecule has 0 radical (unpaired) electrons. The van der Waals surface area contributed by atoms with E-state index in [0.29, 0.717) is 0 Å². The van der Waals surface area contributed by atoms with Crippen molar-refractivity contribution in [2.45, 2.75) is 6.92 Å². The van der Waals surface area contributed by atoms with E-state index in [2.05, 4.69) is 25.9 Å². The van der Waals surface area contributed by atoms with Crippen molar-refractivity contribution in [2.75, 3.05) is 0 Å². The van der Waals surface area contributed by atoms with Gasteiger partial charge in [-0.2, -0.15) is 0 Å². The molecule has 2 rings (SSSR count). The predicted octanol–water partition coefficient (Wildman–Crippen LogP) is 2.38. The Bertz CT molecular complexity index is 396. The van der Waals surface area contributed by atoms with Gasteiger partial charge in [-0.05, 0) is 22.9 Å². The van der Waals surface area contributed by atoms with Gasteiger partial charge in [-0.25, -0.2) is 4.98 Å². The van der Waals surface area contributed by atoms with E-state index in [4.69, 9.17) is 0 Å². The van der Waals surface area contributed by atoms with E-state index in [1.54, 1.807) is 12.4 Å². The number of aromatic nitrogens is 3. The zero-order chi connectivity index (χ0) is 7.84. The fourth-order valence-corrected chi connectivity index (χ4v) is 1.36. The first kappa shape index (κ1) is 9.67. The van der Waals surface area contributed by atoms with E-state index in [0.717, 1.165) is 15.9 Å². The minimum atomic E-state index is 0. The normalized spacial score (nSPS) is 9.83. The van der Waals surface area contributed by atoms with Gasteiger partial charge in [-0.3, -0.25) is 9.38 Å². The standard InChI is InChI=1S/C7H6BrN3.BrH/c1-5-7(8)11-3-2-9-6(11)4-10-5;/h2-4H,1H3;1H. The van der Waals surface area contributed by atoms with Crippen LogP contribution in [0.1, 0.15) is 5.69 Å². The van der Waals surface area contributed by atoms with E-state index >= 15 is 0 Å². The van der Waals surface area contributed by atoms with Crippen molar-refractivity contribution >= 4 is 38.6 Å². The van der Waals surface area contributed by atoms with Crippen LogP contribution in [0.15, 0.2) is 23.2 Å². The Balaban J connectivity index is 0.000000720. The molecule has 3 nitrogen and oxygen atoms in total. The first-order valence-corrected chi connectivity index (χ1v) is 4.02. The van der Waals surface area contributed by atoms with Gasteiger partial charge < -0.3 is 0 Å². The molecule has 0 amide bonds. The highest BCUT2D eigenvalue weighted by Crippen LogP contribution is 2.14. The summed E-state index contributed by atoms with van der Waals surface area (Å²) in [5, 5.41) is 0. The molecule has 0 saturated carbocycles. The van der Waals surface area contributed by atoms with E-state index in [1.165, 1.54) is 0 Å². The molecule has 0 spiro atoms. The van der Waals surface area contributed by atoms with Crippen LogP contribution in [-0.4, -0.2) is 14.4 Å². The molecule has 0 saturated heterocycles. The Labute approximate surface area is 88.7 Å². The number of nitrogens with zero attached hydrogens (tertiary/aromatic N) is 3. The molecule has 0 aromatic carbocycles. The summed E-state index contributed by atoms with van der Waals surface area (Å²) in [6, 6.07) is 0. The maximum absolute atomic E-state index is 4.15. The number of imidazole rings is 1. The summed E-state index contributed by atoms with van der Waals surface area (Å²) in [6.07, 6.45) is 5.40. The molecule has 2 heterocycles. The monoisotopic (exact) mass is 291 g/mol. The molecule has 64 valence electrons. The fraction of sp³-hybridized carbons (Fsp3) is 0.143. The van der Waals surface area contributed by atoms with Gasteiger partial charge >= 0.3 is 0 Å². The summed E-state index contributed by atoms with van der Waals surface area (Å²) in [5.41, 5.74) is 1.83. The molecular weight excluding hydrogens is 286 g/mol. The highest BCUT2D eigenvalue weighted by Gasteiger charge is 2.00. The molecule has 0 atom stereocenters. The first-order valence-electron chi connectivity index (χ1n) is 3.23. The molecule has 2 aromatic heterocycles. The highest BCUT2D eigenvalue weighted by atomic mass is 79.9. The molecule has 0 bridgehead atoms. The van der Waals surface area contributed by atoms with Crippen molar-refractivity contribution in [3.8, 4) is 0 Å². The second kappa shape index (κ2) is 3.53. The fourth-order valence-electron chi connectivity index (χ4n) is 0.959. The quantitative estimate of drug-likeness (QED) is 0.746. The van der Waals surface area contributed by atoms with Gasteiger partial charge in [-0.15, -0.1) is 17.0 Å². The van der Waals surface area contributed by atoms with Gasteiger partial charge in [0.15, 0.2) is 5.65 Å². The lowest BCUT2D eigenvalue weighted by atomic mass is 10.5. The van der Waals surface area contributed by atoms with Crippen LogP contribution in [0.5, 0.6) is 0 Å². The van der Waals surface area contributed by atoms with Crippen molar-refractivity contribution in [2.24, 2.45) is 0 Å². The van der Waals surface area contributed by atoms with Gasteiger partial charge in [0.25, 0.3) is 0 Å². The molecule has 0 unspecified atom stereocenters. The smallest absolute Gasteiger partial charge is 0.156 e. The molecule has 5 heteroatoms. The van der Waals surface area contributed by atoms with Crippen LogP contribution in [0.2, 0.25) is 0 Å². The summed E-state index contributed by atoms with van der Waals surface area (Å²) >= 11 is 3.42. The number of rotatable bonds is 0. The molecular formula is C7H7Br2N3. The minimum absolute atomic E-state index is 0. The number of hydrogen-bond acceptors (Lipinski definition) is 2. The first-order chi connectivity index (χ1) is 5.29. The van der Waals surface area contributed by atoms with E-state index in [9.17, 15) is 0 Å². The SMILES string of the molecule is Br.Cc1ncc2nccn2c1Br. The molecule has 0 N–H and O–H groups in total. The Morgan fingerprint density at radius 3 is 2.92 bits per heavy atom. The highest BCUT2D eigenvalue weighted by molar-refractivity contribution is 9.10. The van der Waals surface area contributed by atoms with Crippen molar-refractivity contribution in [1.29, 1.82) is 0 Å². The maximum Gasteiger partial charge on any atom is 0.156 e. The second-order valence-electron chi connectivity index (χ2n) is 2.29. The van der Waals surface area contributed by atoms with Crippen LogP contribution < -0.4 is 0 Å². The third kappa shape index (κ3) is 1.38.